The molecule has 0 N–H and O–H groups in total. The van der Waals surface area contributed by atoms with Gasteiger partial charge in [0.15, 0.2) is 5.60 Å². The molecule has 1 spiro atoms. The van der Waals surface area contributed by atoms with Gasteiger partial charge in [-0.1, -0.05) is 49.7 Å². The number of ether oxygens (including phenoxy) is 1. The summed E-state index contributed by atoms with van der Waals surface area (Å²) in [5.74, 6) is -0.997. The Morgan fingerprint density at radius 2 is 1.83 bits per heavy atom. The molecule has 1 aromatic rings. The number of rotatable bonds is 2. The van der Waals surface area contributed by atoms with Crippen molar-refractivity contribution in [1.82, 2.24) is 0 Å². The molecule has 4 heteroatoms. The summed E-state index contributed by atoms with van der Waals surface area (Å²) in [7, 11) is 0. The standard InChI is InChI=1S/C20H23ClO3/c1-17(2)10-6-11-18(3)20(17)14-13-19(22-18,23-24-20)12-9-15-7-4-5-8-16(15)21/h4-5,7-9,12-14H,6,10-11H2,1-3H3/b12-9+/t18-,19+,20+/m0/s1. The third-order valence-corrected chi connectivity index (χ3v) is 6.23. The fourth-order valence-corrected chi connectivity index (χ4v) is 4.64. The van der Waals surface area contributed by atoms with Gasteiger partial charge < -0.3 is 4.74 Å². The van der Waals surface area contributed by atoms with Crippen LogP contribution in [0.1, 0.15) is 45.6 Å². The summed E-state index contributed by atoms with van der Waals surface area (Å²) >= 11 is 6.23. The van der Waals surface area contributed by atoms with Gasteiger partial charge in [0, 0.05) is 10.4 Å². The Kier molecular flexibility index (Phi) is 3.53. The van der Waals surface area contributed by atoms with Gasteiger partial charge in [-0.3, -0.25) is 0 Å². The van der Waals surface area contributed by atoms with E-state index in [-0.39, 0.29) is 5.41 Å². The molecule has 24 heavy (non-hydrogen) atoms. The first-order valence-electron chi connectivity index (χ1n) is 8.53. The zero-order valence-electron chi connectivity index (χ0n) is 14.3. The third kappa shape index (κ3) is 2.15. The van der Waals surface area contributed by atoms with Crippen molar-refractivity contribution in [3.05, 3.63) is 53.1 Å². The molecule has 3 atom stereocenters. The Morgan fingerprint density at radius 1 is 1.04 bits per heavy atom. The topological polar surface area (TPSA) is 27.7 Å². The van der Waals surface area contributed by atoms with Gasteiger partial charge in [-0.15, -0.1) is 0 Å². The van der Waals surface area contributed by atoms with Crippen LogP contribution in [0.25, 0.3) is 6.08 Å². The molecule has 1 aromatic carbocycles. The molecule has 1 saturated heterocycles. The molecular formula is C20H23ClO3. The van der Waals surface area contributed by atoms with Gasteiger partial charge in [0.05, 0.1) is 0 Å². The lowest BCUT2D eigenvalue weighted by molar-refractivity contribution is -0.540. The van der Waals surface area contributed by atoms with E-state index in [9.17, 15) is 0 Å². The normalized spacial score (nSPS) is 40.0. The van der Waals surface area contributed by atoms with Crippen molar-refractivity contribution in [2.24, 2.45) is 5.41 Å². The van der Waals surface area contributed by atoms with Crippen LogP contribution in [-0.4, -0.2) is 17.0 Å². The average molecular weight is 347 g/mol. The lowest BCUT2D eigenvalue weighted by atomic mass is 9.57. The largest absolute Gasteiger partial charge is 0.331 e. The van der Waals surface area contributed by atoms with E-state index >= 15 is 0 Å². The second kappa shape index (κ2) is 5.18. The maximum absolute atomic E-state index is 6.49. The third-order valence-electron chi connectivity index (χ3n) is 5.89. The fourth-order valence-electron chi connectivity index (χ4n) is 4.44. The highest BCUT2D eigenvalue weighted by Crippen LogP contribution is 2.60. The minimum Gasteiger partial charge on any atom is -0.331 e. The van der Waals surface area contributed by atoms with Crippen LogP contribution in [0.4, 0.5) is 0 Å². The number of hydrogen-bond acceptors (Lipinski definition) is 3. The highest BCUT2D eigenvalue weighted by Gasteiger charge is 2.68. The first-order valence-corrected chi connectivity index (χ1v) is 8.91. The van der Waals surface area contributed by atoms with Gasteiger partial charge in [0.25, 0.3) is 0 Å². The van der Waals surface area contributed by atoms with E-state index in [1.54, 1.807) is 0 Å². The van der Waals surface area contributed by atoms with Crippen LogP contribution in [0.5, 0.6) is 0 Å². The smallest absolute Gasteiger partial charge is 0.241 e. The van der Waals surface area contributed by atoms with Crippen molar-refractivity contribution >= 4 is 17.7 Å². The molecule has 2 fully saturated rings. The monoisotopic (exact) mass is 346 g/mol. The fraction of sp³-hybridized carbons (Fsp3) is 0.500. The van der Waals surface area contributed by atoms with Gasteiger partial charge in [0.2, 0.25) is 5.79 Å². The molecule has 1 saturated carbocycles. The second-order valence-corrected chi connectivity index (χ2v) is 8.29. The van der Waals surface area contributed by atoms with Crippen molar-refractivity contribution in [1.29, 1.82) is 0 Å². The highest BCUT2D eigenvalue weighted by atomic mass is 35.5. The van der Waals surface area contributed by atoms with Crippen LogP contribution in [0.2, 0.25) is 5.02 Å². The van der Waals surface area contributed by atoms with Gasteiger partial charge in [-0.05, 0) is 56.0 Å². The lowest BCUT2D eigenvalue weighted by Gasteiger charge is -2.64. The van der Waals surface area contributed by atoms with E-state index in [4.69, 9.17) is 26.1 Å². The second-order valence-electron chi connectivity index (χ2n) is 7.88. The van der Waals surface area contributed by atoms with Gasteiger partial charge >= 0.3 is 0 Å². The minimum absolute atomic E-state index is 0.0461. The molecule has 2 bridgehead atoms. The summed E-state index contributed by atoms with van der Waals surface area (Å²) < 4.78 is 6.49. The molecule has 0 radical (unpaired) electrons. The minimum atomic E-state index is -0.997. The summed E-state index contributed by atoms with van der Waals surface area (Å²) in [6, 6.07) is 7.69. The van der Waals surface area contributed by atoms with E-state index in [2.05, 4.69) is 26.8 Å². The summed E-state index contributed by atoms with van der Waals surface area (Å²) in [5.41, 5.74) is -0.0777. The van der Waals surface area contributed by atoms with E-state index in [1.807, 2.05) is 42.5 Å². The molecule has 128 valence electrons. The first kappa shape index (κ1) is 16.3. The molecule has 0 unspecified atom stereocenters. The summed E-state index contributed by atoms with van der Waals surface area (Å²) in [6.45, 7) is 6.58. The Bertz CT molecular complexity index is 725. The maximum Gasteiger partial charge on any atom is 0.241 e. The van der Waals surface area contributed by atoms with Gasteiger partial charge in [-0.25, -0.2) is 4.89 Å². The van der Waals surface area contributed by atoms with Crippen LogP contribution >= 0.6 is 11.6 Å². The molecule has 4 aliphatic rings. The Balaban J connectivity index is 1.71. The molecule has 3 heterocycles. The molecule has 5 rings (SSSR count). The highest BCUT2D eigenvalue weighted by molar-refractivity contribution is 6.32. The summed E-state index contributed by atoms with van der Waals surface area (Å²) in [6.07, 6.45) is 11.1. The summed E-state index contributed by atoms with van der Waals surface area (Å²) in [5, 5.41) is 0.695. The number of hydrogen-bond donors (Lipinski definition) is 0. The SMILES string of the molecule is CC1(C)CCC[C@]2(C)O[C@@]3(/C=C/c4ccccc4Cl)C=C[C@@]12OO3. The van der Waals surface area contributed by atoms with Gasteiger partial charge in [-0.2, -0.15) is 4.89 Å². The first-order chi connectivity index (χ1) is 11.3. The Morgan fingerprint density at radius 3 is 2.54 bits per heavy atom. The Hall–Kier alpha value is -1.13. The molecule has 3 nitrogen and oxygen atoms in total. The zero-order chi connectivity index (χ0) is 17.1. The van der Waals surface area contributed by atoms with Gasteiger partial charge in [0.1, 0.15) is 5.60 Å². The molecule has 0 aromatic heterocycles. The van der Waals surface area contributed by atoms with Crippen molar-refractivity contribution in [2.45, 2.75) is 57.0 Å². The average Bonchev–Trinajstić information content (AvgIpc) is 2.54. The van der Waals surface area contributed by atoms with Crippen molar-refractivity contribution < 1.29 is 14.5 Å². The van der Waals surface area contributed by atoms with Crippen LogP contribution in [0.15, 0.2) is 42.5 Å². The predicted octanol–water partition coefficient (Wildman–Crippen LogP) is 5.31. The van der Waals surface area contributed by atoms with E-state index in [0.717, 1.165) is 24.8 Å². The maximum atomic E-state index is 6.49. The zero-order valence-corrected chi connectivity index (χ0v) is 15.1. The van der Waals surface area contributed by atoms with Crippen molar-refractivity contribution in [3.63, 3.8) is 0 Å². The predicted molar refractivity (Wildman–Crippen MR) is 94.4 cm³/mol. The van der Waals surface area contributed by atoms with E-state index < -0.39 is 17.0 Å². The van der Waals surface area contributed by atoms with Crippen LogP contribution in [0.3, 0.4) is 0 Å². The molecule has 3 aliphatic heterocycles. The van der Waals surface area contributed by atoms with E-state index in [1.165, 1.54) is 0 Å². The van der Waals surface area contributed by atoms with Crippen molar-refractivity contribution in [2.75, 3.05) is 0 Å². The number of halogens is 1. The Labute approximate surface area is 148 Å². The summed E-state index contributed by atoms with van der Waals surface area (Å²) in [4.78, 5) is 11.8. The molecule has 1 aliphatic carbocycles. The molecular weight excluding hydrogens is 324 g/mol. The lowest BCUT2D eigenvalue weighted by Crippen LogP contribution is -2.73. The molecule has 0 amide bonds. The number of fused-ring (bicyclic) bond motifs is 1. The van der Waals surface area contributed by atoms with Crippen LogP contribution in [-0.2, 0) is 14.5 Å². The quantitative estimate of drug-likeness (QED) is 0.537. The van der Waals surface area contributed by atoms with Crippen LogP contribution < -0.4 is 0 Å². The van der Waals surface area contributed by atoms with E-state index in [0.29, 0.717) is 5.02 Å². The van der Waals surface area contributed by atoms with Crippen molar-refractivity contribution in [3.8, 4) is 0 Å². The number of benzene rings is 1. The van der Waals surface area contributed by atoms with Crippen LogP contribution in [0, 0.1) is 5.41 Å².